The lowest BCUT2D eigenvalue weighted by Gasteiger charge is -2.18. The summed E-state index contributed by atoms with van der Waals surface area (Å²) in [6, 6.07) is 66.3. The summed E-state index contributed by atoms with van der Waals surface area (Å²) in [5.41, 5.74) is 35.4. The third-order valence-corrected chi connectivity index (χ3v) is 22.7. The fourth-order valence-corrected chi connectivity index (χ4v) is 15.8. The van der Waals surface area contributed by atoms with E-state index in [9.17, 15) is 33.2 Å². The van der Waals surface area contributed by atoms with Crippen LogP contribution in [0.25, 0.3) is 66.8 Å². The zero-order chi connectivity index (χ0) is 86.9. The molecule has 0 saturated carbocycles. The van der Waals surface area contributed by atoms with Gasteiger partial charge >= 0.3 is 0 Å². The quantitative estimate of drug-likeness (QED) is 0.0737. The number of nitrogens with two attached hydrogens (primary N) is 1. The van der Waals surface area contributed by atoms with Crippen molar-refractivity contribution in [1.82, 2.24) is 31.5 Å². The number of nitrogen functional groups attached to an aromatic ring is 1. The fourth-order valence-electron chi connectivity index (χ4n) is 15.6. The van der Waals surface area contributed by atoms with E-state index in [-0.39, 0.29) is 41.2 Å². The highest BCUT2D eigenvalue weighted by Gasteiger charge is 2.29. The average molecular weight is 1660 g/mol. The standard InChI is InChI=1S/C18H20N2O2.C17H18N2O2.C17H17NO2.C16H15ClN2O.C16H14FNO2.C16H15NO2/c1-19(2)13-5-7-15-12(9-13)11-20(3)18(21)17-10-14(22-4)6-8-16(15)17;1-19(2)12-4-6-14-11(8-12)10-18-17(20)16-9-13(21-3)5-7-15(14)16;1-3-11-4-6-14-12(8-11)10-18-17(19)16-9-13(20-2)5-7-15(14)16;1-2-9-3-4-11-12-7-14(17)15(18)6-10(12)8-19-16(20)13(11)5-9;1-9-3-4-11-10(5-9)8-18-16(19)13-7-15(20-2)14(17)6-12(11)13;1-10-3-5-13-11(7-10)9-17-16(18)15-8-12(19-2)4-6-14(13)15/h5-10H,11H2,1-4H3;4-9H,10H2,1-3H3,(H,18,20);4-9H,3,10H2,1-2H3,(H,18,19);3-7H,2,8,18H2,1H3,(H,19,20);3-7H,8H2,1-2H3,(H,18,19);3-8H,9H2,1-2H3,(H,17,18). The number of benzene rings is 12. The summed E-state index contributed by atoms with van der Waals surface area (Å²) in [6.07, 6.45) is 1.90. The second kappa shape index (κ2) is 37.6. The second-order valence-electron chi connectivity index (χ2n) is 30.7. The lowest BCUT2D eigenvalue weighted by Crippen LogP contribution is -2.25. The molecule has 6 heterocycles. The van der Waals surface area contributed by atoms with Crippen LogP contribution in [-0.2, 0) is 52.1 Å². The minimum Gasteiger partial charge on any atom is -0.497 e. The van der Waals surface area contributed by atoms with Gasteiger partial charge in [-0.25, -0.2) is 4.39 Å². The number of hydrogen-bond acceptors (Lipinski definition) is 14. The third-order valence-electron chi connectivity index (χ3n) is 22.4. The van der Waals surface area contributed by atoms with Crippen LogP contribution in [0.15, 0.2) is 206 Å². The Hall–Kier alpha value is -13.9. The Bertz CT molecular complexity index is 6100. The van der Waals surface area contributed by atoms with Crippen LogP contribution in [0.4, 0.5) is 21.5 Å². The van der Waals surface area contributed by atoms with Gasteiger partial charge in [0.05, 0.1) is 74.1 Å². The summed E-state index contributed by atoms with van der Waals surface area (Å²) >= 11 is 6.13. The number of carbonyl (C=O) groups is 6. The van der Waals surface area contributed by atoms with E-state index >= 15 is 0 Å². The number of nitrogens with one attached hydrogen (secondary N) is 5. The molecule has 0 fully saturated rings. The van der Waals surface area contributed by atoms with Crippen LogP contribution >= 0.6 is 11.6 Å². The van der Waals surface area contributed by atoms with E-state index in [2.05, 4.69) is 130 Å². The SMILES string of the molecule is CCc1ccc2c(c1)C(=O)NCc1cc(N)c(Cl)cc1-2.CCc1ccc2c(c1)CNC(=O)c1cc(OC)ccc1-2.COc1cc2c(cc1F)-c1ccc(C)cc1CNC2=O.COc1ccc2c(c1)C(=O)N(C)Cc1cc(N(C)C)ccc1-2.COc1ccc2c(c1)C(=O)NCc1cc(C)ccc1-2.COc1ccc2c(c1)C(=O)NCc1cc(N(C)C)ccc1-2. The number of methoxy groups -OCH3 is 5. The van der Waals surface area contributed by atoms with Gasteiger partial charge in [-0.2, -0.15) is 0 Å². The van der Waals surface area contributed by atoms with Gasteiger partial charge in [0.15, 0.2) is 11.6 Å². The predicted molar refractivity (Wildman–Crippen MR) is 482 cm³/mol. The van der Waals surface area contributed by atoms with Gasteiger partial charge in [-0.3, -0.25) is 28.8 Å². The van der Waals surface area contributed by atoms with E-state index in [1.165, 1.54) is 35.9 Å². The number of ether oxygens (including phenoxy) is 5. The Balaban J connectivity index is 0.000000126. The number of fused-ring (bicyclic) bond motifs is 18. The number of carbonyl (C=O) groups excluding carboxylic acids is 6. The monoisotopic (exact) mass is 1660 g/mol. The molecule has 22 heteroatoms. The Morgan fingerprint density at radius 2 is 0.680 bits per heavy atom. The van der Waals surface area contributed by atoms with Crippen molar-refractivity contribution >= 4 is 64.1 Å². The van der Waals surface area contributed by atoms with E-state index in [0.717, 1.165) is 124 Å². The van der Waals surface area contributed by atoms with E-state index in [0.29, 0.717) is 112 Å². The smallest absolute Gasteiger partial charge is 0.254 e. The third kappa shape index (κ3) is 18.6. The first-order valence-corrected chi connectivity index (χ1v) is 40.5. The molecule has 18 rings (SSSR count). The Kier molecular flexibility index (Phi) is 26.5. The van der Waals surface area contributed by atoms with Gasteiger partial charge in [0.25, 0.3) is 35.4 Å². The van der Waals surface area contributed by atoms with Crippen molar-refractivity contribution in [3.8, 4) is 95.5 Å². The van der Waals surface area contributed by atoms with E-state index in [1.807, 2.05) is 145 Å². The van der Waals surface area contributed by atoms with E-state index in [1.54, 1.807) is 51.5 Å². The molecule has 0 saturated heterocycles. The second-order valence-corrected chi connectivity index (χ2v) is 31.1. The van der Waals surface area contributed by atoms with Crippen molar-refractivity contribution in [2.24, 2.45) is 0 Å². The van der Waals surface area contributed by atoms with Crippen LogP contribution in [0.5, 0.6) is 28.7 Å². The minimum absolute atomic E-state index is 0.0245. The maximum absolute atomic E-state index is 14.0. The van der Waals surface area contributed by atoms with Gasteiger partial charge in [-0.15, -0.1) is 0 Å². The molecule has 6 aliphatic heterocycles. The number of nitrogens with zero attached hydrogens (tertiary/aromatic N) is 3. The van der Waals surface area contributed by atoms with Gasteiger partial charge < -0.3 is 70.7 Å². The highest BCUT2D eigenvalue weighted by atomic mass is 35.5. The van der Waals surface area contributed by atoms with Crippen LogP contribution in [0.1, 0.15) is 132 Å². The number of aryl methyl sites for hydroxylation is 4. The Morgan fingerprint density at radius 3 is 1.11 bits per heavy atom. The molecule has 20 nitrogen and oxygen atoms in total. The van der Waals surface area contributed by atoms with E-state index in [4.69, 9.17) is 41.0 Å². The molecular formula is C100H99ClFN9O11. The van der Waals surface area contributed by atoms with Gasteiger partial charge in [0.1, 0.15) is 23.0 Å². The topological polar surface area (TPSA) is 244 Å². The van der Waals surface area contributed by atoms with Gasteiger partial charge in [0, 0.05) is 91.4 Å². The van der Waals surface area contributed by atoms with Crippen LogP contribution in [0.3, 0.4) is 0 Å². The Labute approximate surface area is 716 Å². The number of amides is 6. The summed E-state index contributed by atoms with van der Waals surface area (Å²) in [4.78, 5) is 79.6. The first kappa shape index (κ1) is 85.9. The Morgan fingerprint density at radius 1 is 0.352 bits per heavy atom. The number of rotatable bonds is 9. The molecule has 7 N–H and O–H groups in total. The first-order chi connectivity index (χ1) is 58.7. The molecule has 0 bridgehead atoms. The van der Waals surface area contributed by atoms with Crippen LogP contribution < -0.4 is 65.8 Å². The zero-order valence-electron chi connectivity index (χ0n) is 71.0. The predicted octanol–water partition coefficient (Wildman–Crippen LogP) is 18.2. The molecule has 6 amide bonds. The maximum Gasteiger partial charge on any atom is 0.254 e. The highest BCUT2D eigenvalue weighted by molar-refractivity contribution is 6.33. The summed E-state index contributed by atoms with van der Waals surface area (Å²) in [5.74, 6) is 2.00. The summed E-state index contributed by atoms with van der Waals surface area (Å²) in [6.45, 7) is 11.4. The van der Waals surface area contributed by atoms with Crippen LogP contribution in [0, 0.1) is 19.7 Å². The van der Waals surface area contributed by atoms with Crippen molar-refractivity contribution < 1.29 is 56.8 Å². The first-order valence-electron chi connectivity index (χ1n) is 40.1. The largest absolute Gasteiger partial charge is 0.497 e. The molecule has 0 atom stereocenters. The van der Waals surface area contributed by atoms with Crippen molar-refractivity contribution in [2.45, 2.75) is 79.8 Å². The number of anilines is 3. The van der Waals surface area contributed by atoms with Crippen molar-refractivity contribution in [3.05, 3.63) is 306 Å². The molecule has 0 radical (unpaired) electrons. The lowest BCUT2D eigenvalue weighted by atomic mass is 9.94. The molecule has 12 aromatic rings. The summed E-state index contributed by atoms with van der Waals surface area (Å²) in [7, 11) is 17.7. The normalized spacial score (nSPS) is 13.1. The molecule has 12 aromatic carbocycles. The zero-order valence-corrected chi connectivity index (χ0v) is 71.7. The van der Waals surface area contributed by atoms with Crippen molar-refractivity contribution in [2.75, 3.05) is 86.3 Å². The molecular weight excluding hydrogens is 1560 g/mol. The van der Waals surface area contributed by atoms with Crippen molar-refractivity contribution in [1.29, 1.82) is 0 Å². The highest BCUT2D eigenvalue weighted by Crippen LogP contribution is 2.42. The number of hydrogen-bond donors (Lipinski definition) is 6. The summed E-state index contributed by atoms with van der Waals surface area (Å²) in [5, 5.41) is 15.1. The van der Waals surface area contributed by atoms with Crippen LogP contribution in [0.2, 0.25) is 5.02 Å². The summed E-state index contributed by atoms with van der Waals surface area (Å²) < 4.78 is 39.8. The van der Waals surface area contributed by atoms with Gasteiger partial charge in [0.2, 0.25) is 0 Å². The van der Waals surface area contributed by atoms with Gasteiger partial charge in [-0.1, -0.05) is 115 Å². The average Bonchev–Trinajstić information content (AvgIpc) is 1.59. The van der Waals surface area contributed by atoms with Crippen LogP contribution in [-0.4, -0.2) is 111 Å². The van der Waals surface area contributed by atoms with E-state index < -0.39 is 5.82 Å². The molecule has 624 valence electrons. The molecule has 0 aliphatic carbocycles. The van der Waals surface area contributed by atoms with Crippen molar-refractivity contribution in [3.63, 3.8) is 0 Å². The van der Waals surface area contributed by atoms with Gasteiger partial charge in [-0.05, 0) is 265 Å². The number of halogens is 2. The molecule has 0 unspecified atom stereocenters. The molecule has 0 spiro atoms. The fraction of sp³-hybridized carbons (Fsp3) is 0.220. The molecule has 6 aliphatic rings. The molecule has 0 aromatic heterocycles. The maximum atomic E-state index is 14.0. The molecule has 122 heavy (non-hydrogen) atoms. The minimum atomic E-state index is -0.465. The lowest BCUT2D eigenvalue weighted by molar-refractivity contribution is 0.0786.